The molecule has 0 atom stereocenters. The first-order valence-corrected chi connectivity index (χ1v) is 18.3. The average Bonchev–Trinajstić information content (AvgIpc) is 3.53. The van der Waals surface area contributed by atoms with Gasteiger partial charge in [-0.1, -0.05) is 78.1 Å². The van der Waals surface area contributed by atoms with E-state index in [0.29, 0.717) is 0 Å². The van der Waals surface area contributed by atoms with Crippen LogP contribution in [0.25, 0.3) is 21.3 Å². The molecule has 0 bridgehead atoms. The van der Waals surface area contributed by atoms with Gasteiger partial charge in [-0.2, -0.15) is 48.2 Å². The normalized spacial score (nSPS) is 12.3. The van der Waals surface area contributed by atoms with Crippen LogP contribution >= 0.6 is 17.0 Å². The van der Waals surface area contributed by atoms with E-state index in [1.165, 1.54) is 64.2 Å². The van der Waals surface area contributed by atoms with Gasteiger partial charge < -0.3 is 56.6 Å². The molecule has 2 fully saturated rings. The summed E-state index contributed by atoms with van der Waals surface area (Å²) in [6, 6.07) is 0. The number of halogens is 2. The van der Waals surface area contributed by atoms with Crippen LogP contribution in [-0.4, -0.2) is 54.4 Å². The number of hydrogen-bond donors (Lipinski definition) is 1. The molecular weight excluding hydrogens is 655 g/mol. The molecule has 0 amide bonds. The van der Waals surface area contributed by atoms with Gasteiger partial charge in [0.05, 0.1) is 0 Å². The molecule has 3 N–H and O–H groups in total. The Morgan fingerprint density at radius 2 is 0.838 bits per heavy atom. The van der Waals surface area contributed by atoms with Gasteiger partial charge in [-0.25, -0.2) is 0 Å². The zero-order valence-corrected chi connectivity index (χ0v) is 33.4. The second kappa shape index (κ2) is 71.7. The van der Waals surface area contributed by atoms with Gasteiger partial charge in [0.1, 0.15) is 0 Å². The Bertz CT molecular complexity index is 241. The van der Waals surface area contributed by atoms with Gasteiger partial charge >= 0.3 is 82.9 Å². The predicted octanol–water partition coefficient (Wildman–Crippen LogP) is 7.89. The van der Waals surface area contributed by atoms with Crippen LogP contribution in [0.15, 0.2) is 0 Å². The van der Waals surface area contributed by atoms with Crippen molar-refractivity contribution in [2.75, 3.05) is 54.4 Å². The summed E-state index contributed by atoms with van der Waals surface area (Å²) in [6.45, 7) is 13.1. The van der Waals surface area contributed by atoms with Gasteiger partial charge in [-0.05, 0) is 11.8 Å². The molecule has 0 heterocycles. The van der Waals surface area contributed by atoms with Crippen molar-refractivity contribution >= 4 is 17.0 Å². The molecule has 2 saturated carbocycles. The summed E-state index contributed by atoms with van der Waals surface area (Å²) in [7, 11) is 17.3. The van der Waals surface area contributed by atoms with Crippen molar-refractivity contribution in [2.45, 2.75) is 85.0 Å². The van der Waals surface area contributed by atoms with Crippen molar-refractivity contribution in [1.82, 2.24) is 6.15 Å². The first kappa shape index (κ1) is 67.4. The SMILES string of the molecule is CC[N-]C.CC[N-]C.C[N-]CCC1CCCC1.C[N-]CCC1CCCC1.N.[CH2-]C.[CH3-].[CH3-].[CH3-].[Cl][Zr+2][Cl].[Li+].[Zr+4]. The Kier molecular flexibility index (Phi) is 131. The quantitative estimate of drug-likeness (QED) is 0.201. The average molecular weight is 720 g/mol. The van der Waals surface area contributed by atoms with Crippen molar-refractivity contribution in [3.63, 3.8) is 0 Å². The number of rotatable bonds is 8. The Morgan fingerprint density at radius 3 is 0.973 bits per heavy atom. The minimum atomic E-state index is -0.826. The molecule has 0 radical (unpaired) electrons. The topological polar surface area (TPSA) is 91.4 Å². The van der Waals surface area contributed by atoms with Crippen LogP contribution in [0.2, 0.25) is 0 Å². The van der Waals surface area contributed by atoms with Crippen molar-refractivity contribution in [3.05, 3.63) is 50.5 Å². The summed E-state index contributed by atoms with van der Waals surface area (Å²) in [5.74, 6) is 2.04. The molecule has 0 spiro atoms. The minimum Gasteiger partial charge on any atom is 1.00 e. The predicted molar refractivity (Wildman–Crippen MR) is 168 cm³/mol. The number of hydrogen-bond acceptors (Lipinski definition) is 1. The van der Waals surface area contributed by atoms with E-state index >= 15 is 0 Å². The van der Waals surface area contributed by atoms with Gasteiger partial charge in [0.25, 0.3) is 0 Å². The first-order chi connectivity index (χ1) is 15.1. The third-order valence-corrected chi connectivity index (χ3v) is 5.10. The van der Waals surface area contributed by atoms with E-state index in [2.05, 4.69) is 28.2 Å². The van der Waals surface area contributed by atoms with Crippen LogP contribution in [0.3, 0.4) is 0 Å². The second-order valence-electron chi connectivity index (χ2n) is 7.29. The molecule has 0 unspecified atom stereocenters. The molecule has 37 heavy (non-hydrogen) atoms. The van der Waals surface area contributed by atoms with E-state index in [9.17, 15) is 0 Å². The molecule has 2 rings (SSSR count). The van der Waals surface area contributed by atoms with Gasteiger partial charge in [0, 0.05) is 0 Å². The molecule has 0 aromatic rings. The van der Waals surface area contributed by atoms with E-state index in [4.69, 9.17) is 17.0 Å². The molecule has 222 valence electrons. The smallest absolute Gasteiger partial charge is 1.00 e. The zero-order valence-electron chi connectivity index (χ0n) is 27.0. The summed E-state index contributed by atoms with van der Waals surface area (Å²) in [5, 5.41) is 15.7. The molecule has 0 saturated heterocycles. The van der Waals surface area contributed by atoms with Crippen molar-refractivity contribution in [3.8, 4) is 0 Å². The van der Waals surface area contributed by atoms with E-state index in [0.717, 1.165) is 38.0 Å². The molecule has 2 aliphatic rings. The first-order valence-electron chi connectivity index (χ1n) is 12.0. The standard InChI is InChI=1S/2C8H16N.2C3H8N.C2H5.3CH3.2ClH.Li.H3N.2Zr/c2*1-9-7-6-8-4-2-3-5-8;2*1-3-4-2;1-2;;;;;;;;;/h2*8H,2-7H2,1H3;2*3H2,1-2H3;1H2,2H3;3*1H3;2*1H;;1H3;;/q8*-1;;;+1;;2*+4/p-2. The summed E-state index contributed by atoms with van der Waals surface area (Å²) in [4.78, 5) is 0. The Balaban J connectivity index is -0.0000000308. The third kappa shape index (κ3) is 73.1. The van der Waals surface area contributed by atoms with Gasteiger partial charge in [-0.15, -0.1) is 13.1 Å². The van der Waals surface area contributed by atoms with Crippen LogP contribution in [-0.2, 0) is 47.1 Å². The summed E-state index contributed by atoms with van der Waals surface area (Å²) < 4.78 is 0. The minimum absolute atomic E-state index is 0. The van der Waals surface area contributed by atoms with Crippen molar-refractivity contribution in [2.24, 2.45) is 11.8 Å². The van der Waals surface area contributed by atoms with Crippen molar-refractivity contribution in [1.29, 1.82) is 0 Å². The van der Waals surface area contributed by atoms with Gasteiger partial charge in [0.15, 0.2) is 0 Å². The van der Waals surface area contributed by atoms with Crippen LogP contribution < -0.4 is 25.0 Å². The maximum Gasteiger partial charge on any atom is 4.00 e. The van der Waals surface area contributed by atoms with Crippen LogP contribution in [0, 0.1) is 41.0 Å². The maximum absolute atomic E-state index is 4.93. The van der Waals surface area contributed by atoms with E-state index < -0.39 is 20.8 Å². The molecule has 10 heteroatoms. The molecule has 2 aliphatic carbocycles. The zero-order chi connectivity index (χ0) is 24.6. The van der Waals surface area contributed by atoms with Gasteiger partial charge in [0.2, 0.25) is 0 Å². The Labute approximate surface area is 288 Å². The van der Waals surface area contributed by atoms with Crippen LogP contribution in [0.4, 0.5) is 0 Å². The van der Waals surface area contributed by atoms with E-state index in [1.807, 2.05) is 27.9 Å². The van der Waals surface area contributed by atoms with Crippen LogP contribution in [0.5, 0.6) is 0 Å². The van der Waals surface area contributed by atoms with Crippen LogP contribution in [0.1, 0.15) is 85.0 Å². The maximum atomic E-state index is 4.93. The summed E-state index contributed by atoms with van der Waals surface area (Å²) in [5.41, 5.74) is 0. The fourth-order valence-corrected chi connectivity index (χ4v) is 3.22. The second-order valence-corrected chi connectivity index (χ2v) is 11.0. The monoisotopic (exact) mass is 716 g/mol. The molecule has 0 aliphatic heterocycles. The largest absolute Gasteiger partial charge is 4.00 e. The Hall–Kier alpha value is 2.74. The van der Waals surface area contributed by atoms with E-state index in [1.54, 1.807) is 21.0 Å². The molecule has 0 aromatic carbocycles. The fourth-order valence-electron chi connectivity index (χ4n) is 3.22. The fraction of sp³-hybridized carbons (Fsp3) is 0.852. The summed E-state index contributed by atoms with van der Waals surface area (Å²) in [6.07, 6.45) is 14.4. The van der Waals surface area contributed by atoms with E-state index in [-0.39, 0.29) is 73.5 Å². The Morgan fingerprint density at radius 1 is 0.649 bits per heavy atom. The van der Waals surface area contributed by atoms with Crippen molar-refractivity contribution < 1.29 is 65.9 Å². The summed E-state index contributed by atoms with van der Waals surface area (Å²) >= 11 is -0.826. The molecule has 0 aromatic heterocycles. The molecular formula is C27H65Cl2LiN5Zr2-. The molecule has 5 nitrogen and oxygen atoms in total. The van der Waals surface area contributed by atoms with Gasteiger partial charge in [-0.3, -0.25) is 0 Å². The third-order valence-electron chi connectivity index (χ3n) is 5.10. The number of nitrogens with zero attached hydrogens (tertiary/aromatic N) is 4.